The van der Waals surface area contributed by atoms with Gasteiger partial charge in [-0.05, 0) is 69.0 Å². The maximum atomic E-state index is 13.9. The Morgan fingerprint density at radius 2 is 1.92 bits per heavy atom. The molecule has 1 unspecified atom stereocenters. The number of aryl methyl sites for hydroxylation is 1. The van der Waals surface area contributed by atoms with Gasteiger partial charge >= 0.3 is 12.1 Å². The van der Waals surface area contributed by atoms with Crippen LogP contribution in [0.4, 0.5) is 25.5 Å². The average Bonchev–Trinajstić information content (AvgIpc) is 2.86. The Bertz CT molecular complexity index is 1370. The molecule has 10 nitrogen and oxygen atoms in total. The molecule has 3 N–H and O–H groups in total. The van der Waals surface area contributed by atoms with Crippen molar-refractivity contribution >= 4 is 35.2 Å². The third-order valence-electron chi connectivity index (χ3n) is 5.25. The predicted molar refractivity (Wildman–Crippen MR) is 144 cm³/mol. The summed E-state index contributed by atoms with van der Waals surface area (Å²) in [7, 11) is 1.44. The van der Waals surface area contributed by atoms with Crippen LogP contribution in [0.2, 0.25) is 5.02 Å². The predicted octanol–water partition coefficient (Wildman–Crippen LogP) is 5.99. The van der Waals surface area contributed by atoms with E-state index in [4.69, 9.17) is 26.3 Å². The summed E-state index contributed by atoms with van der Waals surface area (Å²) < 4.78 is 25.0. The van der Waals surface area contributed by atoms with E-state index in [9.17, 15) is 14.0 Å². The van der Waals surface area contributed by atoms with Crippen LogP contribution in [0.5, 0.6) is 5.75 Å². The van der Waals surface area contributed by atoms with Gasteiger partial charge in [0.15, 0.2) is 11.5 Å². The number of methoxy groups -OCH3 is 1. The number of alkyl carbamates (subject to hydrolysis) is 1. The van der Waals surface area contributed by atoms with Crippen molar-refractivity contribution < 1.29 is 23.5 Å². The van der Waals surface area contributed by atoms with Gasteiger partial charge in [0.05, 0.1) is 25.2 Å². The number of hydrogen-bond acceptors (Lipinski definition) is 7. The topological polar surface area (TPSA) is 138 Å². The minimum Gasteiger partial charge on any atom is -0.495 e. The number of anilines is 2. The summed E-state index contributed by atoms with van der Waals surface area (Å²) in [5, 5.41) is 17.0. The van der Waals surface area contributed by atoms with Gasteiger partial charge in [0, 0.05) is 10.6 Å². The molecule has 0 saturated heterocycles. The lowest BCUT2D eigenvalue weighted by Gasteiger charge is -2.24. The number of carbonyl (C=O) groups is 2. The van der Waals surface area contributed by atoms with E-state index in [1.165, 1.54) is 37.7 Å². The molecule has 0 radical (unpaired) electrons. The van der Waals surface area contributed by atoms with Gasteiger partial charge in [-0.3, -0.25) is 5.32 Å². The van der Waals surface area contributed by atoms with Gasteiger partial charge in [0.2, 0.25) is 0 Å². The first-order valence-corrected chi connectivity index (χ1v) is 12.3. The Morgan fingerprint density at radius 3 is 2.54 bits per heavy atom. The molecule has 3 amide bonds. The van der Waals surface area contributed by atoms with E-state index in [0.717, 1.165) is 0 Å². The van der Waals surface area contributed by atoms with Crippen LogP contribution in [0.3, 0.4) is 0 Å². The van der Waals surface area contributed by atoms with Gasteiger partial charge in [0.1, 0.15) is 23.7 Å². The van der Waals surface area contributed by atoms with Gasteiger partial charge in [-0.2, -0.15) is 5.26 Å². The molecule has 0 aliphatic carbocycles. The average molecular weight is 555 g/mol. The van der Waals surface area contributed by atoms with Gasteiger partial charge in [-0.1, -0.05) is 23.7 Å². The quantitative estimate of drug-likeness (QED) is 0.311. The molecule has 1 atom stereocenters. The first kappa shape index (κ1) is 29.1. The summed E-state index contributed by atoms with van der Waals surface area (Å²) in [6, 6.07) is 10.3. The van der Waals surface area contributed by atoms with Crippen molar-refractivity contribution in [2.75, 3.05) is 17.7 Å². The van der Waals surface area contributed by atoms with Gasteiger partial charge in [-0.15, -0.1) is 0 Å². The highest BCUT2D eigenvalue weighted by molar-refractivity contribution is 6.31. The maximum Gasteiger partial charge on any atom is 0.408 e. The van der Waals surface area contributed by atoms with Gasteiger partial charge in [-0.25, -0.2) is 23.9 Å². The van der Waals surface area contributed by atoms with Crippen LogP contribution >= 0.6 is 11.6 Å². The third kappa shape index (κ3) is 8.83. The molecule has 0 fully saturated rings. The Hall–Kier alpha value is -4.43. The second-order valence-electron chi connectivity index (χ2n) is 9.48. The molecular formula is C27H28ClFN6O4. The number of hydrogen-bond donors (Lipinski definition) is 3. The molecule has 0 aliphatic heterocycles. The molecule has 0 aliphatic rings. The summed E-state index contributed by atoms with van der Waals surface area (Å²) in [6.45, 7) is 5.47. The SMILES string of the molecule is COc1cc(CCC(OC(=O)NC(C)(C)C)c2cccc(F)c2)c(Cl)cc1NC(=O)Nc1cnc(C#N)cn1. The number of nitriles is 1. The van der Waals surface area contributed by atoms with E-state index in [1.54, 1.807) is 18.2 Å². The number of amides is 3. The largest absolute Gasteiger partial charge is 0.495 e. The molecule has 0 bridgehead atoms. The number of urea groups is 1. The fraction of sp³-hybridized carbons (Fsp3) is 0.296. The summed E-state index contributed by atoms with van der Waals surface area (Å²) in [6.07, 6.45) is 1.76. The number of halogens is 2. The van der Waals surface area contributed by atoms with Crippen LogP contribution in [0, 0.1) is 17.1 Å². The van der Waals surface area contributed by atoms with E-state index in [2.05, 4.69) is 25.9 Å². The Labute approximate surface area is 230 Å². The molecular weight excluding hydrogens is 527 g/mol. The van der Waals surface area contributed by atoms with Crippen molar-refractivity contribution in [1.82, 2.24) is 15.3 Å². The summed E-state index contributed by atoms with van der Waals surface area (Å²) in [5.41, 5.74) is 1.07. The summed E-state index contributed by atoms with van der Waals surface area (Å²) >= 11 is 6.52. The highest BCUT2D eigenvalue weighted by Crippen LogP contribution is 2.34. The number of ether oxygens (including phenoxy) is 2. The molecule has 0 saturated carbocycles. The number of carbonyl (C=O) groups excluding carboxylic acids is 2. The molecule has 3 aromatic rings. The molecule has 3 rings (SSSR count). The molecule has 204 valence electrons. The normalized spacial score (nSPS) is 11.6. The lowest BCUT2D eigenvalue weighted by Crippen LogP contribution is -2.41. The number of nitrogens with zero attached hydrogens (tertiary/aromatic N) is 3. The van der Waals surface area contributed by atoms with E-state index in [0.29, 0.717) is 40.4 Å². The van der Waals surface area contributed by atoms with E-state index in [-0.39, 0.29) is 11.5 Å². The molecule has 2 aromatic carbocycles. The molecule has 12 heteroatoms. The Balaban J connectivity index is 1.74. The van der Waals surface area contributed by atoms with Crippen LogP contribution in [0.25, 0.3) is 0 Å². The molecule has 39 heavy (non-hydrogen) atoms. The van der Waals surface area contributed by atoms with Crippen LogP contribution in [-0.2, 0) is 11.2 Å². The smallest absolute Gasteiger partial charge is 0.408 e. The van der Waals surface area contributed by atoms with E-state index >= 15 is 0 Å². The van der Waals surface area contributed by atoms with Crippen molar-refractivity contribution in [3.05, 3.63) is 76.5 Å². The summed E-state index contributed by atoms with van der Waals surface area (Å²) in [4.78, 5) is 32.7. The molecule has 1 aromatic heterocycles. The minimum atomic E-state index is -0.748. The third-order valence-corrected chi connectivity index (χ3v) is 5.60. The van der Waals surface area contributed by atoms with Crippen LogP contribution in [0.1, 0.15) is 50.1 Å². The lowest BCUT2D eigenvalue weighted by molar-refractivity contribution is 0.0862. The highest BCUT2D eigenvalue weighted by atomic mass is 35.5. The lowest BCUT2D eigenvalue weighted by atomic mass is 10.0. The van der Waals surface area contributed by atoms with Gasteiger partial charge < -0.3 is 20.1 Å². The fourth-order valence-electron chi connectivity index (χ4n) is 3.53. The summed E-state index contributed by atoms with van der Waals surface area (Å²) in [5.74, 6) is 0.0361. The van der Waals surface area contributed by atoms with Crippen molar-refractivity contribution in [3.63, 3.8) is 0 Å². The maximum absolute atomic E-state index is 13.9. The first-order chi connectivity index (χ1) is 18.5. The zero-order chi connectivity index (χ0) is 28.6. The Morgan fingerprint density at radius 1 is 1.15 bits per heavy atom. The first-order valence-electron chi connectivity index (χ1n) is 11.9. The second-order valence-corrected chi connectivity index (χ2v) is 9.89. The van der Waals surface area contributed by atoms with Crippen LogP contribution in [-0.4, -0.2) is 34.7 Å². The van der Waals surface area contributed by atoms with Crippen molar-refractivity contribution in [2.45, 2.75) is 45.3 Å². The number of benzene rings is 2. The second kappa shape index (κ2) is 12.9. The van der Waals surface area contributed by atoms with E-state index in [1.807, 2.05) is 26.8 Å². The molecule has 0 spiro atoms. The fourth-order valence-corrected chi connectivity index (χ4v) is 3.78. The standard InChI is InChI=1S/C27H28ClFN6O4/c1-27(2,3)35-26(37)39-22(17-6-5-7-18(29)10-17)9-8-16-11-23(38-4)21(12-20(16)28)33-25(36)34-24-15-31-19(13-30)14-32-24/h5-7,10-12,14-15,22H,8-9H2,1-4H3,(H,35,37)(H2,32,33,34,36). The minimum absolute atomic E-state index is 0.116. The monoisotopic (exact) mass is 554 g/mol. The number of aromatic nitrogens is 2. The number of nitrogens with one attached hydrogen (secondary N) is 3. The number of rotatable bonds is 8. The van der Waals surface area contributed by atoms with Crippen LogP contribution < -0.4 is 20.7 Å². The van der Waals surface area contributed by atoms with Gasteiger partial charge in [0.25, 0.3) is 0 Å². The molecule has 1 heterocycles. The zero-order valence-corrected chi connectivity index (χ0v) is 22.6. The van der Waals surface area contributed by atoms with Crippen LogP contribution in [0.15, 0.2) is 48.8 Å². The van der Waals surface area contributed by atoms with Crippen molar-refractivity contribution in [2.24, 2.45) is 0 Å². The Kier molecular flexibility index (Phi) is 9.62. The zero-order valence-electron chi connectivity index (χ0n) is 21.8. The van der Waals surface area contributed by atoms with Crippen molar-refractivity contribution in [1.29, 1.82) is 5.26 Å². The van der Waals surface area contributed by atoms with Crippen molar-refractivity contribution in [3.8, 4) is 11.8 Å². The highest BCUT2D eigenvalue weighted by Gasteiger charge is 2.22. The van der Waals surface area contributed by atoms with E-state index < -0.39 is 29.6 Å².